The van der Waals surface area contributed by atoms with Crippen molar-refractivity contribution in [2.24, 2.45) is 0 Å². The Bertz CT molecular complexity index is 666. The van der Waals surface area contributed by atoms with E-state index in [2.05, 4.69) is 43.9 Å². The Kier molecular flexibility index (Phi) is 3.65. The van der Waals surface area contributed by atoms with E-state index in [4.69, 9.17) is 0 Å². The highest BCUT2D eigenvalue weighted by Gasteiger charge is 2.40. The minimum Gasteiger partial charge on any atom is -0.228 e. The van der Waals surface area contributed by atoms with Crippen LogP contribution < -0.4 is 5.19 Å². The molecule has 1 aromatic rings. The van der Waals surface area contributed by atoms with Crippen LogP contribution in [0.1, 0.15) is 31.2 Å². The Balaban J connectivity index is 1.93. The number of allylic oxidation sites excluding steroid dienone is 1. The zero-order valence-corrected chi connectivity index (χ0v) is 14.9. The van der Waals surface area contributed by atoms with Gasteiger partial charge in [0, 0.05) is 0 Å². The first-order chi connectivity index (χ1) is 9.78. The summed E-state index contributed by atoms with van der Waals surface area (Å²) >= 11 is 0. The molecule has 21 heavy (non-hydrogen) atoms. The van der Waals surface area contributed by atoms with Crippen LogP contribution in [0, 0.1) is 0 Å². The van der Waals surface area contributed by atoms with Crippen molar-refractivity contribution in [3.05, 3.63) is 35.9 Å². The summed E-state index contributed by atoms with van der Waals surface area (Å²) in [6.45, 7) is 7.04. The molecule has 0 N–H and O–H groups in total. The van der Waals surface area contributed by atoms with Gasteiger partial charge in [-0.1, -0.05) is 61.6 Å². The van der Waals surface area contributed by atoms with Gasteiger partial charge in [0.25, 0.3) is 0 Å². The van der Waals surface area contributed by atoms with E-state index in [0.29, 0.717) is 6.42 Å². The van der Waals surface area contributed by atoms with Gasteiger partial charge >= 0.3 is 0 Å². The lowest BCUT2D eigenvalue weighted by Gasteiger charge is -2.33. The van der Waals surface area contributed by atoms with E-state index < -0.39 is 17.9 Å². The predicted octanol–water partition coefficient (Wildman–Crippen LogP) is 3.35. The third kappa shape index (κ3) is 2.76. The smallest absolute Gasteiger partial charge is 0.159 e. The highest BCUT2D eigenvalue weighted by atomic mass is 32.2. The van der Waals surface area contributed by atoms with E-state index in [-0.39, 0.29) is 10.5 Å². The van der Waals surface area contributed by atoms with E-state index in [0.717, 1.165) is 19.3 Å². The highest BCUT2D eigenvalue weighted by Crippen LogP contribution is 2.38. The fourth-order valence-corrected chi connectivity index (χ4v) is 6.87. The molecule has 3 rings (SSSR count). The van der Waals surface area contributed by atoms with Crippen molar-refractivity contribution >= 4 is 28.7 Å². The second kappa shape index (κ2) is 5.09. The Labute approximate surface area is 129 Å². The molecule has 0 aromatic heterocycles. The lowest BCUT2D eigenvalue weighted by molar-refractivity contribution is 0.518. The molecular formula is C17H24O2SSi. The van der Waals surface area contributed by atoms with Gasteiger partial charge in [-0.15, -0.1) is 0 Å². The van der Waals surface area contributed by atoms with Crippen molar-refractivity contribution in [3.63, 3.8) is 0 Å². The molecule has 0 spiro atoms. The van der Waals surface area contributed by atoms with E-state index in [9.17, 15) is 8.42 Å². The number of hydrogen-bond donors (Lipinski definition) is 0. The van der Waals surface area contributed by atoms with Gasteiger partial charge in [-0.3, -0.25) is 0 Å². The molecule has 4 heteroatoms. The summed E-state index contributed by atoms with van der Waals surface area (Å²) in [6.07, 6.45) is 5.41. The first kappa shape index (κ1) is 15.0. The van der Waals surface area contributed by atoms with Gasteiger partial charge < -0.3 is 0 Å². The Morgan fingerprint density at radius 1 is 1.05 bits per heavy atom. The molecule has 1 aromatic carbocycles. The lowest BCUT2D eigenvalue weighted by atomic mass is 9.93. The van der Waals surface area contributed by atoms with E-state index in [1.54, 1.807) is 0 Å². The second-order valence-corrected chi connectivity index (χ2v) is 14.9. The zero-order chi connectivity index (χ0) is 15.3. The summed E-state index contributed by atoms with van der Waals surface area (Å²) in [4.78, 5) is 0. The summed E-state index contributed by atoms with van der Waals surface area (Å²) in [6, 6.07) is 8.85. The molecule has 0 radical (unpaired) electrons. The first-order valence-corrected chi connectivity index (χ1v) is 12.9. The summed E-state index contributed by atoms with van der Waals surface area (Å²) in [5.41, 5.74) is 2.45. The minimum absolute atomic E-state index is 0.145. The molecule has 2 aliphatic rings. The third-order valence-corrected chi connectivity index (χ3v) is 9.47. The van der Waals surface area contributed by atoms with Crippen molar-refractivity contribution in [2.45, 2.75) is 55.8 Å². The van der Waals surface area contributed by atoms with Gasteiger partial charge in [-0.2, -0.15) is 0 Å². The number of sulfone groups is 1. The number of benzene rings is 1. The molecule has 2 heterocycles. The van der Waals surface area contributed by atoms with E-state index in [1.165, 1.54) is 16.3 Å². The molecule has 0 aliphatic carbocycles. The monoisotopic (exact) mass is 320 g/mol. The summed E-state index contributed by atoms with van der Waals surface area (Å²) in [5.74, 6) is 0. The standard InChI is InChI=1S/C17H24O2SSi/c1-21(2,3)17-9-7-13(8-10-17)14-11-15-5-4-6-16(12-14)20(15,18)19/h7-11,15-16H,4-6,12H2,1-3H3. The summed E-state index contributed by atoms with van der Waals surface area (Å²) in [5, 5.41) is 1.07. The van der Waals surface area contributed by atoms with Crippen LogP contribution in [-0.2, 0) is 9.84 Å². The normalized spacial score (nSPS) is 28.0. The molecule has 2 bridgehead atoms. The zero-order valence-electron chi connectivity index (χ0n) is 13.1. The first-order valence-electron chi connectivity index (χ1n) is 7.83. The molecule has 2 nitrogen and oxygen atoms in total. The van der Waals surface area contributed by atoms with Gasteiger partial charge in [0.05, 0.1) is 18.6 Å². The van der Waals surface area contributed by atoms with Gasteiger partial charge in [0.1, 0.15) is 0 Å². The molecule has 2 unspecified atom stereocenters. The van der Waals surface area contributed by atoms with E-state index >= 15 is 0 Å². The second-order valence-electron chi connectivity index (χ2n) is 7.40. The number of rotatable bonds is 2. The Morgan fingerprint density at radius 2 is 1.71 bits per heavy atom. The molecule has 114 valence electrons. The van der Waals surface area contributed by atoms with Crippen molar-refractivity contribution in [2.75, 3.05) is 0 Å². The van der Waals surface area contributed by atoms with Gasteiger partial charge in [0.15, 0.2) is 9.84 Å². The Morgan fingerprint density at radius 3 is 2.29 bits per heavy atom. The SMILES string of the molecule is C[Si](C)(C)c1ccc(C2=CC3CCCC(C2)S3(=O)=O)cc1. The van der Waals surface area contributed by atoms with Crippen molar-refractivity contribution in [3.8, 4) is 0 Å². The number of hydrogen-bond acceptors (Lipinski definition) is 2. The van der Waals surface area contributed by atoms with Crippen LogP contribution in [0.5, 0.6) is 0 Å². The average Bonchev–Trinajstić information content (AvgIpc) is 2.36. The average molecular weight is 321 g/mol. The quantitative estimate of drug-likeness (QED) is 0.783. The lowest BCUT2D eigenvalue weighted by Crippen LogP contribution is -2.39. The number of fused-ring (bicyclic) bond motifs is 2. The van der Waals surface area contributed by atoms with Gasteiger partial charge in [0.2, 0.25) is 0 Å². The Hall–Kier alpha value is -0.873. The predicted molar refractivity (Wildman–Crippen MR) is 92.4 cm³/mol. The molecule has 1 saturated heterocycles. The fraction of sp³-hybridized carbons (Fsp3) is 0.529. The third-order valence-electron chi connectivity index (χ3n) is 4.86. The van der Waals surface area contributed by atoms with Crippen LogP contribution in [0.2, 0.25) is 19.6 Å². The summed E-state index contributed by atoms with van der Waals surface area (Å²) in [7, 11) is -4.17. The maximum Gasteiger partial charge on any atom is 0.159 e. The van der Waals surface area contributed by atoms with Crippen molar-refractivity contribution < 1.29 is 8.42 Å². The minimum atomic E-state index is -2.91. The van der Waals surface area contributed by atoms with Gasteiger partial charge in [-0.05, 0) is 30.4 Å². The molecule has 2 aliphatic heterocycles. The molecule has 2 atom stereocenters. The summed E-state index contributed by atoms with van der Waals surface area (Å²) < 4.78 is 24.6. The van der Waals surface area contributed by atoms with Crippen LogP contribution in [0.15, 0.2) is 30.3 Å². The van der Waals surface area contributed by atoms with Crippen molar-refractivity contribution in [1.82, 2.24) is 0 Å². The molecule has 0 saturated carbocycles. The highest BCUT2D eigenvalue weighted by molar-refractivity contribution is 7.93. The maximum atomic E-state index is 12.3. The van der Waals surface area contributed by atoms with Crippen LogP contribution >= 0.6 is 0 Å². The largest absolute Gasteiger partial charge is 0.228 e. The van der Waals surface area contributed by atoms with Crippen LogP contribution in [0.4, 0.5) is 0 Å². The van der Waals surface area contributed by atoms with E-state index in [1.807, 2.05) is 6.08 Å². The topological polar surface area (TPSA) is 34.1 Å². The molecular weight excluding hydrogens is 296 g/mol. The maximum absolute atomic E-state index is 12.3. The van der Waals surface area contributed by atoms with Crippen LogP contribution in [0.25, 0.3) is 5.57 Å². The van der Waals surface area contributed by atoms with Crippen LogP contribution in [-0.4, -0.2) is 27.0 Å². The molecule has 1 fully saturated rings. The van der Waals surface area contributed by atoms with Crippen molar-refractivity contribution in [1.29, 1.82) is 0 Å². The van der Waals surface area contributed by atoms with Crippen LogP contribution in [0.3, 0.4) is 0 Å². The van der Waals surface area contributed by atoms with Gasteiger partial charge in [-0.25, -0.2) is 8.42 Å². The fourth-order valence-electron chi connectivity index (χ4n) is 3.45. The molecule has 0 amide bonds.